The van der Waals surface area contributed by atoms with Crippen LogP contribution in [0.15, 0.2) is 17.8 Å². The third kappa shape index (κ3) is 3.31. The molecule has 0 saturated carbocycles. The molecule has 0 spiro atoms. The van der Waals surface area contributed by atoms with Gasteiger partial charge in [0.2, 0.25) is 5.91 Å². The Kier molecular flexibility index (Phi) is 4.31. The van der Waals surface area contributed by atoms with E-state index in [1.54, 1.807) is 22.6 Å². The molecular formula is C17H20F2N4OS. The summed E-state index contributed by atoms with van der Waals surface area (Å²) in [5.41, 5.74) is 0.918. The minimum absolute atomic E-state index is 0.0108. The first kappa shape index (κ1) is 16.6. The molecule has 0 aromatic carbocycles. The van der Waals surface area contributed by atoms with Crippen LogP contribution in [-0.4, -0.2) is 52.9 Å². The van der Waals surface area contributed by atoms with Crippen LogP contribution < -0.4 is 4.90 Å². The van der Waals surface area contributed by atoms with Gasteiger partial charge in [0, 0.05) is 39.0 Å². The highest BCUT2D eigenvalue weighted by atomic mass is 32.1. The van der Waals surface area contributed by atoms with E-state index >= 15 is 0 Å². The number of fused-ring (bicyclic) bond motifs is 1. The lowest BCUT2D eigenvalue weighted by molar-refractivity contribution is -0.141. The zero-order chi connectivity index (χ0) is 17.4. The molecule has 5 nitrogen and oxygen atoms in total. The smallest absolute Gasteiger partial charge is 0.251 e. The Morgan fingerprint density at radius 1 is 1.24 bits per heavy atom. The number of rotatable bonds is 2. The molecule has 4 heterocycles. The molecule has 1 amide bonds. The SMILES string of the molecule is O=C(C1CCCN(c2ncnc3ccsc23)C1)N1CCC(F)(F)CC1. The van der Waals surface area contributed by atoms with Gasteiger partial charge in [-0.3, -0.25) is 4.79 Å². The van der Waals surface area contributed by atoms with E-state index in [4.69, 9.17) is 0 Å². The molecule has 4 rings (SSSR count). The van der Waals surface area contributed by atoms with Crippen molar-refractivity contribution in [1.82, 2.24) is 14.9 Å². The van der Waals surface area contributed by atoms with Crippen LogP contribution in [0.25, 0.3) is 10.2 Å². The second kappa shape index (κ2) is 6.48. The number of thiophene rings is 1. The highest BCUT2D eigenvalue weighted by Gasteiger charge is 2.38. The molecular weight excluding hydrogens is 346 g/mol. The number of hydrogen-bond donors (Lipinski definition) is 0. The Morgan fingerprint density at radius 2 is 2.04 bits per heavy atom. The number of hydrogen-bond acceptors (Lipinski definition) is 5. The molecule has 2 aromatic rings. The van der Waals surface area contributed by atoms with Crippen LogP contribution in [0.5, 0.6) is 0 Å². The summed E-state index contributed by atoms with van der Waals surface area (Å²) in [6.45, 7) is 1.76. The fraction of sp³-hybridized carbons (Fsp3) is 0.588. The first-order chi connectivity index (χ1) is 12.0. The van der Waals surface area contributed by atoms with E-state index in [9.17, 15) is 13.6 Å². The van der Waals surface area contributed by atoms with E-state index in [0.717, 1.165) is 35.4 Å². The summed E-state index contributed by atoms with van der Waals surface area (Å²) in [6, 6.07) is 1.96. The van der Waals surface area contributed by atoms with Gasteiger partial charge in [-0.15, -0.1) is 11.3 Å². The monoisotopic (exact) mass is 366 g/mol. The summed E-state index contributed by atoms with van der Waals surface area (Å²) in [5.74, 6) is -1.88. The number of amides is 1. The van der Waals surface area contributed by atoms with Crippen molar-refractivity contribution in [3.05, 3.63) is 17.8 Å². The van der Waals surface area contributed by atoms with Crippen LogP contribution in [0.2, 0.25) is 0 Å². The zero-order valence-corrected chi connectivity index (χ0v) is 14.6. The largest absolute Gasteiger partial charge is 0.355 e. The van der Waals surface area contributed by atoms with Crippen LogP contribution in [-0.2, 0) is 4.79 Å². The van der Waals surface area contributed by atoms with Gasteiger partial charge in [-0.2, -0.15) is 0 Å². The van der Waals surface area contributed by atoms with Crippen molar-refractivity contribution in [3.63, 3.8) is 0 Å². The average molecular weight is 366 g/mol. The topological polar surface area (TPSA) is 49.3 Å². The number of alkyl halides is 2. The van der Waals surface area contributed by atoms with Crippen molar-refractivity contribution in [2.75, 3.05) is 31.1 Å². The fourth-order valence-corrected chi connectivity index (χ4v) is 4.55. The summed E-state index contributed by atoms with van der Waals surface area (Å²) < 4.78 is 27.7. The van der Waals surface area contributed by atoms with E-state index < -0.39 is 5.92 Å². The molecule has 134 valence electrons. The highest BCUT2D eigenvalue weighted by molar-refractivity contribution is 7.17. The van der Waals surface area contributed by atoms with Crippen LogP contribution in [0.4, 0.5) is 14.6 Å². The Bertz CT molecular complexity index is 771. The molecule has 2 aliphatic heterocycles. The van der Waals surface area contributed by atoms with Gasteiger partial charge in [-0.1, -0.05) is 0 Å². The van der Waals surface area contributed by atoms with E-state index in [2.05, 4.69) is 14.9 Å². The first-order valence-electron chi connectivity index (χ1n) is 8.63. The van der Waals surface area contributed by atoms with E-state index in [1.165, 1.54) is 0 Å². The molecule has 2 fully saturated rings. The molecule has 25 heavy (non-hydrogen) atoms. The molecule has 2 aliphatic rings. The number of piperidine rings is 2. The van der Waals surface area contributed by atoms with Crippen LogP contribution in [0, 0.1) is 5.92 Å². The first-order valence-corrected chi connectivity index (χ1v) is 9.51. The summed E-state index contributed by atoms with van der Waals surface area (Å²) in [5, 5.41) is 1.99. The predicted molar refractivity (Wildman–Crippen MR) is 93.1 cm³/mol. The number of likely N-dealkylation sites (tertiary alicyclic amines) is 1. The number of halogens is 2. The standard InChI is InChI=1S/C17H20F2N4OS/c18-17(19)4-7-22(8-5-17)16(24)12-2-1-6-23(10-12)15-14-13(3-9-25-14)20-11-21-15/h3,9,11-12H,1-2,4-8,10H2. The van der Waals surface area contributed by atoms with Crippen LogP contribution in [0.1, 0.15) is 25.7 Å². The normalized spacial score (nSPS) is 23.8. The molecule has 2 saturated heterocycles. The van der Waals surface area contributed by atoms with Crippen molar-refractivity contribution in [2.45, 2.75) is 31.6 Å². The number of carbonyl (C=O) groups excluding carboxylic acids is 1. The van der Waals surface area contributed by atoms with E-state index in [1.807, 2.05) is 11.4 Å². The quantitative estimate of drug-likeness (QED) is 0.819. The molecule has 8 heteroatoms. The average Bonchev–Trinajstić information content (AvgIpc) is 3.10. The lowest BCUT2D eigenvalue weighted by Crippen LogP contribution is -2.49. The van der Waals surface area contributed by atoms with Crippen molar-refractivity contribution in [3.8, 4) is 0 Å². The Hall–Kier alpha value is -1.83. The molecule has 0 N–H and O–H groups in total. The summed E-state index contributed by atoms with van der Waals surface area (Å²) in [6.07, 6.45) is 2.81. The van der Waals surface area contributed by atoms with Gasteiger partial charge in [0.1, 0.15) is 12.1 Å². The fourth-order valence-electron chi connectivity index (χ4n) is 3.68. The van der Waals surface area contributed by atoms with Crippen molar-refractivity contribution >= 4 is 33.3 Å². The summed E-state index contributed by atoms with van der Waals surface area (Å²) in [4.78, 5) is 25.2. The predicted octanol–water partition coefficient (Wildman–Crippen LogP) is 3.17. The number of aromatic nitrogens is 2. The van der Waals surface area contributed by atoms with Gasteiger partial charge in [0.25, 0.3) is 5.92 Å². The van der Waals surface area contributed by atoms with E-state index in [0.29, 0.717) is 6.54 Å². The van der Waals surface area contributed by atoms with Gasteiger partial charge < -0.3 is 9.80 Å². The van der Waals surface area contributed by atoms with Crippen LogP contribution >= 0.6 is 11.3 Å². The minimum Gasteiger partial charge on any atom is -0.355 e. The number of anilines is 1. The maximum Gasteiger partial charge on any atom is 0.251 e. The minimum atomic E-state index is -2.62. The maximum atomic E-state index is 13.3. The molecule has 1 unspecified atom stereocenters. The Morgan fingerprint density at radius 3 is 2.84 bits per heavy atom. The lowest BCUT2D eigenvalue weighted by Gasteiger charge is -2.38. The van der Waals surface area contributed by atoms with E-state index in [-0.39, 0.29) is 37.8 Å². The van der Waals surface area contributed by atoms with Gasteiger partial charge in [0.05, 0.1) is 16.1 Å². The third-order valence-electron chi connectivity index (χ3n) is 5.10. The van der Waals surface area contributed by atoms with Gasteiger partial charge in [0.15, 0.2) is 0 Å². The van der Waals surface area contributed by atoms with Crippen LogP contribution in [0.3, 0.4) is 0 Å². The summed E-state index contributed by atoms with van der Waals surface area (Å²) in [7, 11) is 0. The van der Waals surface area contributed by atoms with Gasteiger partial charge in [-0.05, 0) is 24.3 Å². The van der Waals surface area contributed by atoms with Crippen molar-refractivity contribution < 1.29 is 13.6 Å². The zero-order valence-electron chi connectivity index (χ0n) is 13.8. The summed E-state index contributed by atoms with van der Waals surface area (Å²) >= 11 is 1.60. The molecule has 0 radical (unpaired) electrons. The van der Waals surface area contributed by atoms with Gasteiger partial charge in [-0.25, -0.2) is 18.7 Å². The maximum absolute atomic E-state index is 13.3. The van der Waals surface area contributed by atoms with Crippen molar-refractivity contribution in [1.29, 1.82) is 0 Å². The number of nitrogens with zero attached hydrogens (tertiary/aromatic N) is 4. The van der Waals surface area contributed by atoms with Crippen molar-refractivity contribution in [2.24, 2.45) is 5.92 Å². The molecule has 1 atom stereocenters. The third-order valence-corrected chi connectivity index (χ3v) is 6.00. The highest BCUT2D eigenvalue weighted by Crippen LogP contribution is 2.33. The second-order valence-electron chi connectivity index (χ2n) is 6.80. The van der Waals surface area contributed by atoms with Gasteiger partial charge >= 0.3 is 0 Å². The Balaban J connectivity index is 1.48. The Labute approximate surface area is 148 Å². The second-order valence-corrected chi connectivity index (χ2v) is 7.71. The molecule has 0 bridgehead atoms. The lowest BCUT2D eigenvalue weighted by atomic mass is 9.95. The molecule has 2 aromatic heterocycles. The number of carbonyl (C=O) groups is 1. The molecule has 0 aliphatic carbocycles.